The summed E-state index contributed by atoms with van der Waals surface area (Å²) < 4.78 is 4.87. The van der Waals surface area contributed by atoms with Gasteiger partial charge in [-0.25, -0.2) is 0 Å². The van der Waals surface area contributed by atoms with E-state index in [1.807, 2.05) is 0 Å². The van der Waals surface area contributed by atoms with Crippen molar-refractivity contribution in [2.45, 2.75) is 81.3 Å². The molecule has 0 spiro atoms. The Hall–Kier alpha value is -2.83. The largest absolute Gasteiger partial charge is 0.327 e. The molecule has 0 atom stereocenters. The van der Waals surface area contributed by atoms with E-state index in [4.69, 9.17) is 0 Å². The molecule has 0 aliphatic heterocycles. The van der Waals surface area contributed by atoms with Crippen LogP contribution in [0.25, 0.3) is 22.3 Å². The van der Waals surface area contributed by atoms with E-state index in [0.717, 1.165) is 0 Å². The average Bonchev–Trinajstić information content (AvgIpc) is 3.18. The van der Waals surface area contributed by atoms with Gasteiger partial charge in [-0.3, -0.25) is 0 Å². The zero-order valence-electron chi connectivity index (χ0n) is 23.7. The van der Waals surface area contributed by atoms with Crippen LogP contribution in [0.15, 0.2) is 54.9 Å². The molecule has 0 aliphatic rings. The minimum atomic E-state index is 0.397. The summed E-state index contributed by atoms with van der Waals surface area (Å²) in [5.41, 5.74) is 13.4. The van der Waals surface area contributed by atoms with E-state index >= 15 is 0 Å². The van der Waals surface area contributed by atoms with Gasteiger partial charge in [0.1, 0.15) is 5.20 Å². The summed E-state index contributed by atoms with van der Waals surface area (Å²) in [5.74, 6) is 0. The molecule has 0 fully saturated rings. The molecule has 4 rings (SSSR count). The lowest BCUT2D eigenvalue weighted by Gasteiger charge is -2.20. The Morgan fingerprint density at radius 1 is 0.583 bits per heavy atom. The van der Waals surface area contributed by atoms with Crippen LogP contribution in [0.5, 0.6) is 0 Å². The van der Waals surface area contributed by atoms with Gasteiger partial charge in [0.15, 0.2) is 0 Å². The van der Waals surface area contributed by atoms with Gasteiger partial charge in [0.2, 0.25) is 0 Å². The fraction of sp³-hybridized carbons (Fsp3) is 0.364. The average molecular weight is 497 g/mol. The molecule has 36 heavy (non-hydrogen) atoms. The van der Waals surface area contributed by atoms with Crippen LogP contribution < -0.4 is 5.30 Å². The van der Waals surface area contributed by atoms with Crippen molar-refractivity contribution in [3.8, 4) is 22.3 Å². The van der Waals surface area contributed by atoms with Gasteiger partial charge in [0, 0.05) is 29.8 Å². The number of hydrogen-bond acceptors (Lipinski definition) is 0. The van der Waals surface area contributed by atoms with Crippen LogP contribution in [0.4, 0.5) is 0 Å². The van der Waals surface area contributed by atoms with Crippen molar-refractivity contribution >= 4 is 13.5 Å². The standard InChI is InChI=1S/C33H41N2P/c1-20(2)34-14-15-35(21(3)4)33(34)36-32-28(30-24(7)16-22(5)17-25(30)8)12-11-13-29(32)31-26(9)18-23(6)19-27(31)10/h11-21H,1-10H3. The molecule has 3 aromatic carbocycles. The maximum absolute atomic E-state index is 2.44. The van der Waals surface area contributed by atoms with E-state index in [1.54, 1.807) is 0 Å². The van der Waals surface area contributed by atoms with Crippen LogP contribution in [-0.4, -0.2) is 9.13 Å². The summed E-state index contributed by atoms with van der Waals surface area (Å²) >= 11 is 0. The van der Waals surface area contributed by atoms with E-state index in [1.165, 1.54) is 74.3 Å². The van der Waals surface area contributed by atoms with Crippen molar-refractivity contribution in [2.75, 3.05) is 0 Å². The highest BCUT2D eigenvalue weighted by Gasteiger charge is 2.18. The Bertz CT molecular complexity index is 1340. The first kappa shape index (κ1) is 26.2. The van der Waals surface area contributed by atoms with E-state index in [2.05, 4.69) is 133 Å². The van der Waals surface area contributed by atoms with Crippen molar-refractivity contribution in [3.63, 3.8) is 0 Å². The minimum Gasteiger partial charge on any atom is -0.327 e. The van der Waals surface area contributed by atoms with Crippen LogP contribution >= 0.6 is 8.20 Å². The molecule has 0 amide bonds. The molecule has 0 N–H and O–H groups in total. The molecule has 188 valence electrons. The van der Waals surface area contributed by atoms with Crippen LogP contribution in [0.3, 0.4) is 0 Å². The zero-order chi connectivity index (χ0) is 26.3. The molecule has 1 heterocycles. The molecule has 0 aliphatic carbocycles. The third-order valence-electron chi connectivity index (χ3n) is 7.10. The third kappa shape index (κ3) is 4.89. The van der Waals surface area contributed by atoms with Crippen LogP contribution in [0.1, 0.15) is 73.2 Å². The lowest BCUT2D eigenvalue weighted by atomic mass is 9.89. The first-order chi connectivity index (χ1) is 17.0. The van der Waals surface area contributed by atoms with Crippen LogP contribution in [-0.2, 0) is 0 Å². The van der Waals surface area contributed by atoms with Crippen molar-refractivity contribution in [3.05, 3.63) is 93.4 Å². The van der Waals surface area contributed by atoms with Crippen molar-refractivity contribution < 1.29 is 0 Å². The van der Waals surface area contributed by atoms with Gasteiger partial charge in [-0.05, 0) is 122 Å². The summed E-state index contributed by atoms with van der Waals surface area (Å²) in [4.78, 5) is 0. The van der Waals surface area contributed by atoms with Crippen LogP contribution in [0, 0.1) is 46.7 Å². The fourth-order valence-electron chi connectivity index (χ4n) is 5.71. The number of rotatable bonds is 5. The molecule has 0 saturated heterocycles. The summed E-state index contributed by atoms with van der Waals surface area (Å²) in [7, 11) is 1.23. The van der Waals surface area contributed by atoms with E-state index in [9.17, 15) is 0 Å². The molecule has 4 aromatic rings. The smallest absolute Gasteiger partial charge is 0.141 e. The maximum atomic E-state index is 2.44. The quantitative estimate of drug-likeness (QED) is 0.244. The van der Waals surface area contributed by atoms with Crippen molar-refractivity contribution in [2.24, 2.45) is 0 Å². The lowest BCUT2D eigenvalue weighted by molar-refractivity contribution is 0.538. The van der Waals surface area contributed by atoms with Gasteiger partial charge in [0.25, 0.3) is 0 Å². The molecular weight excluding hydrogens is 455 g/mol. The molecule has 0 radical (unpaired) electrons. The Balaban J connectivity index is 2.19. The predicted octanol–water partition coefficient (Wildman–Crippen LogP) is 9.44. The molecular formula is C33H41N2P. The minimum absolute atomic E-state index is 0.397. The monoisotopic (exact) mass is 496 g/mol. The van der Waals surface area contributed by atoms with E-state index in [0.29, 0.717) is 12.1 Å². The third-order valence-corrected chi connectivity index (χ3v) is 8.47. The molecule has 0 bridgehead atoms. The van der Waals surface area contributed by atoms with Gasteiger partial charge in [-0.2, -0.15) is 0 Å². The molecule has 0 saturated carbocycles. The maximum Gasteiger partial charge on any atom is 0.141 e. The predicted molar refractivity (Wildman–Crippen MR) is 159 cm³/mol. The van der Waals surface area contributed by atoms with Gasteiger partial charge in [-0.1, -0.05) is 53.6 Å². The fourth-order valence-corrected chi connectivity index (χ4v) is 7.35. The number of aryl methyl sites for hydroxylation is 6. The van der Waals surface area contributed by atoms with Crippen molar-refractivity contribution in [1.82, 2.24) is 9.13 Å². The SMILES string of the molecule is Cc1cc(C)c(-c2cccc(-c3c(C)cc(C)cc3C)c2P=c2n(C(C)C)ccn2C(C)C)c(C)c1. The zero-order valence-corrected chi connectivity index (χ0v) is 24.6. The highest BCUT2D eigenvalue weighted by atomic mass is 31.1. The first-order valence-corrected chi connectivity index (χ1v) is 14.0. The van der Waals surface area contributed by atoms with Crippen LogP contribution in [0.2, 0.25) is 0 Å². The van der Waals surface area contributed by atoms with Crippen molar-refractivity contribution in [1.29, 1.82) is 0 Å². The van der Waals surface area contributed by atoms with Gasteiger partial charge < -0.3 is 9.13 Å². The number of hydrogen-bond donors (Lipinski definition) is 0. The van der Waals surface area contributed by atoms with Gasteiger partial charge >= 0.3 is 0 Å². The Morgan fingerprint density at radius 2 is 0.944 bits per heavy atom. The Kier molecular flexibility index (Phi) is 7.48. The highest BCUT2D eigenvalue weighted by molar-refractivity contribution is 7.39. The summed E-state index contributed by atoms with van der Waals surface area (Å²) in [5, 5.41) is 2.72. The summed E-state index contributed by atoms with van der Waals surface area (Å²) in [6.45, 7) is 22.5. The van der Waals surface area contributed by atoms with Gasteiger partial charge in [0.05, 0.1) is 0 Å². The second-order valence-electron chi connectivity index (χ2n) is 11.0. The van der Waals surface area contributed by atoms with E-state index in [-0.39, 0.29) is 0 Å². The Labute approximate surface area is 219 Å². The number of benzene rings is 3. The topological polar surface area (TPSA) is 9.86 Å². The lowest BCUT2D eigenvalue weighted by Crippen LogP contribution is -2.10. The number of imidazole rings is 1. The first-order valence-electron chi connectivity index (χ1n) is 13.1. The molecule has 0 unspecified atom stereocenters. The normalized spacial score (nSPS) is 11.8. The number of aromatic nitrogens is 2. The molecule has 1 aromatic heterocycles. The summed E-state index contributed by atoms with van der Waals surface area (Å²) in [6.07, 6.45) is 4.50. The summed E-state index contributed by atoms with van der Waals surface area (Å²) in [6, 6.07) is 17.0. The Morgan fingerprint density at radius 3 is 1.28 bits per heavy atom. The highest BCUT2D eigenvalue weighted by Crippen LogP contribution is 2.36. The van der Waals surface area contributed by atoms with Gasteiger partial charge in [-0.15, -0.1) is 0 Å². The van der Waals surface area contributed by atoms with E-state index < -0.39 is 0 Å². The molecule has 2 nitrogen and oxygen atoms in total. The second-order valence-corrected chi connectivity index (χ2v) is 12.0. The molecule has 3 heteroatoms. The number of nitrogens with zero attached hydrogens (tertiary/aromatic N) is 2. The second kappa shape index (κ2) is 10.3.